The van der Waals surface area contributed by atoms with Crippen molar-refractivity contribution in [1.29, 1.82) is 0 Å². The average molecular weight is 743 g/mol. The molecule has 10 aromatic rings. The van der Waals surface area contributed by atoms with Crippen molar-refractivity contribution >= 4 is 21.8 Å². The third-order valence-corrected chi connectivity index (χ3v) is 11.9. The van der Waals surface area contributed by atoms with Crippen LogP contribution in [0.15, 0.2) is 194 Å². The van der Waals surface area contributed by atoms with E-state index in [0.29, 0.717) is 17.5 Å². The number of aromatic nitrogens is 4. The summed E-state index contributed by atoms with van der Waals surface area (Å²) in [6, 6.07) is 69.1. The van der Waals surface area contributed by atoms with Gasteiger partial charge in [-0.25, -0.2) is 15.0 Å². The van der Waals surface area contributed by atoms with E-state index in [2.05, 4.69) is 152 Å². The first kappa shape index (κ1) is 33.9. The Bertz CT molecular complexity index is 3120. The first-order valence-corrected chi connectivity index (χ1v) is 19.9. The van der Waals surface area contributed by atoms with E-state index in [0.717, 1.165) is 33.4 Å². The second-order valence-electron chi connectivity index (χ2n) is 15.7. The molecule has 4 heteroatoms. The van der Waals surface area contributed by atoms with Crippen molar-refractivity contribution < 1.29 is 0 Å². The zero-order valence-electron chi connectivity index (χ0n) is 32.3. The highest BCUT2D eigenvalue weighted by Gasteiger charge is 2.35. The summed E-state index contributed by atoms with van der Waals surface area (Å²) < 4.78 is 2.36. The van der Waals surface area contributed by atoms with Crippen LogP contribution >= 0.6 is 0 Å². The molecule has 0 spiro atoms. The van der Waals surface area contributed by atoms with Gasteiger partial charge in [0.25, 0.3) is 0 Å². The quantitative estimate of drug-likeness (QED) is 0.170. The average Bonchev–Trinajstić information content (AvgIpc) is 3.74. The van der Waals surface area contributed by atoms with Crippen LogP contribution in [0.1, 0.15) is 25.0 Å². The maximum Gasteiger partial charge on any atom is 0.164 e. The Labute approximate surface area is 337 Å². The number of rotatable bonds is 6. The largest absolute Gasteiger partial charge is 0.309 e. The van der Waals surface area contributed by atoms with Crippen molar-refractivity contribution in [3.8, 4) is 73.2 Å². The van der Waals surface area contributed by atoms with E-state index in [-0.39, 0.29) is 5.41 Å². The summed E-state index contributed by atoms with van der Waals surface area (Å²) in [5.41, 5.74) is 16.4. The fourth-order valence-corrected chi connectivity index (χ4v) is 8.89. The summed E-state index contributed by atoms with van der Waals surface area (Å²) in [6.45, 7) is 4.69. The number of hydrogen-bond donors (Lipinski definition) is 0. The lowest BCUT2D eigenvalue weighted by molar-refractivity contribution is 0.660. The third kappa shape index (κ3) is 5.56. The lowest BCUT2D eigenvalue weighted by Crippen LogP contribution is -2.14. The molecule has 0 unspecified atom stereocenters. The van der Waals surface area contributed by atoms with E-state index in [1.807, 2.05) is 60.7 Å². The first-order chi connectivity index (χ1) is 28.5. The lowest BCUT2D eigenvalue weighted by atomic mass is 9.81. The fourth-order valence-electron chi connectivity index (χ4n) is 8.89. The molecule has 1 aliphatic carbocycles. The molecule has 1 aliphatic rings. The molecule has 2 aromatic heterocycles. The first-order valence-electron chi connectivity index (χ1n) is 19.9. The Morgan fingerprint density at radius 3 is 1.55 bits per heavy atom. The van der Waals surface area contributed by atoms with Crippen molar-refractivity contribution in [2.75, 3.05) is 0 Å². The molecule has 0 fully saturated rings. The van der Waals surface area contributed by atoms with Gasteiger partial charge in [0.05, 0.1) is 11.0 Å². The SMILES string of the molecule is CC1(C)c2ccccc2-c2ccc(-c3cccc(-c4ccc5c(c4)c4ccc(-c6nc(-c7ccccc7)nc(-c7ccccc7)n6)cc4n5-c4ccccc4)c3)cc21. The van der Waals surface area contributed by atoms with E-state index in [4.69, 9.17) is 15.0 Å². The molecule has 0 saturated carbocycles. The molecule has 2 heterocycles. The predicted octanol–water partition coefficient (Wildman–Crippen LogP) is 13.6. The molecule has 0 saturated heterocycles. The second kappa shape index (κ2) is 13.4. The van der Waals surface area contributed by atoms with Gasteiger partial charge in [-0.3, -0.25) is 0 Å². The summed E-state index contributed by atoms with van der Waals surface area (Å²) in [5.74, 6) is 1.93. The Morgan fingerprint density at radius 2 is 0.862 bits per heavy atom. The zero-order valence-corrected chi connectivity index (χ0v) is 32.3. The summed E-state index contributed by atoms with van der Waals surface area (Å²) in [5, 5.41) is 2.36. The molecule has 4 nitrogen and oxygen atoms in total. The minimum absolute atomic E-state index is 0.0463. The van der Waals surface area contributed by atoms with Crippen LogP contribution in [0.5, 0.6) is 0 Å². The van der Waals surface area contributed by atoms with Crippen molar-refractivity contribution in [3.63, 3.8) is 0 Å². The molecule has 0 N–H and O–H groups in total. The maximum absolute atomic E-state index is 5.06. The Balaban J connectivity index is 1.04. The van der Waals surface area contributed by atoms with Gasteiger partial charge in [0.15, 0.2) is 17.5 Å². The lowest BCUT2D eigenvalue weighted by Gasteiger charge is -2.22. The predicted molar refractivity (Wildman–Crippen MR) is 239 cm³/mol. The van der Waals surface area contributed by atoms with Crippen molar-refractivity contribution in [2.45, 2.75) is 19.3 Å². The summed E-state index contributed by atoms with van der Waals surface area (Å²) in [4.78, 5) is 15.0. The number of para-hydroxylation sites is 1. The van der Waals surface area contributed by atoms with Crippen LogP contribution in [-0.4, -0.2) is 19.5 Å². The van der Waals surface area contributed by atoms with Crippen LogP contribution < -0.4 is 0 Å². The fraction of sp³-hybridized carbons (Fsp3) is 0.0556. The monoisotopic (exact) mass is 742 g/mol. The van der Waals surface area contributed by atoms with Crippen LogP contribution in [0.25, 0.3) is 95.0 Å². The van der Waals surface area contributed by atoms with E-state index in [1.165, 1.54) is 55.3 Å². The molecule has 0 bridgehead atoms. The van der Waals surface area contributed by atoms with Gasteiger partial charge in [-0.1, -0.05) is 166 Å². The van der Waals surface area contributed by atoms with Crippen LogP contribution in [0, 0.1) is 0 Å². The third-order valence-electron chi connectivity index (χ3n) is 11.9. The molecule has 11 rings (SSSR count). The molecular formula is C54H38N4. The van der Waals surface area contributed by atoms with Crippen LogP contribution in [-0.2, 0) is 5.41 Å². The van der Waals surface area contributed by atoms with E-state index in [9.17, 15) is 0 Å². The molecular weight excluding hydrogens is 705 g/mol. The van der Waals surface area contributed by atoms with E-state index >= 15 is 0 Å². The molecule has 0 amide bonds. The molecule has 8 aromatic carbocycles. The Hall–Kier alpha value is -7.43. The van der Waals surface area contributed by atoms with Gasteiger partial charge >= 0.3 is 0 Å². The van der Waals surface area contributed by atoms with E-state index < -0.39 is 0 Å². The van der Waals surface area contributed by atoms with Gasteiger partial charge in [0.1, 0.15) is 0 Å². The maximum atomic E-state index is 5.06. The minimum atomic E-state index is -0.0463. The van der Waals surface area contributed by atoms with Crippen LogP contribution in [0.3, 0.4) is 0 Å². The van der Waals surface area contributed by atoms with Crippen LogP contribution in [0.2, 0.25) is 0 Å². The highest BCUT2D eigenvalue weighted by atomic mass is 15.0. The standard InChI is InChI=1S/C54H38N4/c1-54(2)47-24-13-12-23-43(47)44-28-25-40(33-48(44)54)38-20-14-19-37(31-38)39-27-30-49-46(32-39)45-29-26-41(34-50(45)58(49)42-21-10-5-11-22-42)53-56-51(35-15-6-3-7-16-35)55-52(57-53)36-17-8-4-9-18-36/h3-34H,1-2H3. The normalized spacial score (nSPS) is 12.8. The zero-order chi connectivity index (χ0) is 38.8. The van der Waals surface area contributed by atoms with Gasteiger partial charge in [-0.15, -0.1) is 0 Å². The topological polar surface area (TPSA) is 43.6 Å². The number of benzene rings is 8. The highest BCUT2D eigenvalue weighted by molar-refractivity contribution is 6.11. The van der Waals surface area contributed by atoms with Crippen molar-refractivity contribution in [2.24, 2.45) is 0 Å². The minimum Gasteiger partial charge on any atom is -0.309 e. The van der Waals surface area contributed by atoms with Gasteiger partial charge in [-0.05, 0) is 87.0 Å². The number of nitrogens with zero attached hydrogens (tertiary/aromatic N) is 4. The Kier molecular flexibility index (Phi) is 7.80. The highest BCUT2D eigenvalue weighted by Crippen LogP contribution is 2.49. The second-order valence-corrected chi connectivity index (χ2v) is 15.7. The van der Waals surface area contributed by atoms with Gasteiger partial charge < -0.3 is 4.57 Å². The van der Waals surface area contributed by atoms with Crippen molar-refractivity contribution in [3.05, 3.63) is 205 Å². The molecule has 0 radical (unpaired) electrons. The number of fused-ring (bicyclic) bond motifs is 6. The summed E-state index contributed by atoms with van der Waals surface area (Å²) >= 11 is 0. The molecule has 0 aliphatic heterocycles. The summed E-state index contributed by atoms with van der Waals surface area (Å²) in [7, 11) is 0. The number of hydrogen-bond acceptors (Lipinski definition) is 3. The van der Waals surface area contributed by atoms with Gasteiger partial charge in [-0.2, -0.15) is 0 Å². The molecule has 274 valence electrons. The molecule has 58 heavy (non-hydrogen) atoms. The summed E-state index contributed by atoms with van der Waals surface area (Å²) in [6.07, 6.45) is 0. The van der Waals surface area contributed by atoms with Gasteiger partial charge in [0.2, 0.25) is 0 Å². The Morgan fingerprint density at radius 1 is 0.345 bits per heavy atom. The van der Waals surface area contributed by atoms with E-state index in [1.54, 1.807) is 0 Å². The van der Waals surface area contributed by atoms with Gasteiger partial charge in [0, 0.05) is 38.6 Å². The smallest absolute Gasteiger partial charge is 0.164 e. The van der Waals surface area contributed by atoms with Crippen LogP contribution in [0.4, 0.5) is 0 Å². The molecule has 0 atom stereocenters. The van der Waals surface area contributed by atoms with Crippen molar-refractivity contribution in [1.82, 2.24) is 19.5 Å².